The standard InChI is InChI=1S/C25H29ClN6O2/c1-3-28-23(33)15-21-25-31-30-16(2)32(25)22-11-10-19(34-13-5-4-12-27)14-20(22)24(29-21)17-6-8-18(26)9-7-17/h6-11,14,21H,3-5,12-13,15,27H2,1-2H3,(H,28,33). The van der Waals surface area contributed by atoms with Crippen LogP contribution in [-0.4, -0.2) is 46.1 Å². The Hall–Kier alpha value is -3.23. The first-order valence-corrected chi connectivity index (χ1v) is 11.9. The fraction of sp³-hybridized carbons (Fsp3) is 0.360. The van der Waals surface area contributed by atoms with Crippen LogP contribution in [0.2, 0.25) is 5.02 Å². The van der Waals surface area contributed by atoms with Crippen LogP contribution in [0.25, 0.3) is 5.69 Å². The van der Waals surface area contributed by atoms with Crippen LogP contribution in [0, 0.1) is 6.92 Å². The monoisotopic (exact) mass is 480 g/mol. The maximum absolute atomic E-state index is 12.5. The summed E-state index contributed by atoms with van der Waals surface area (Å²) in [5.74, 6) is 2.01. The molecule has 1 atom stereocenters. The van der Waals surface area contributed by atoms with Crippen LogP contribution in [-0.2, 0) is 4.79 Å². The number of rotatable bonds is 9. The van der Waals surface area contributed by atoms with Crippen LogP contribution in [0.4, 0.5) is 0 Å². The molecule has 0 aliphatic carbocycles. The SMILES string of the molecule is CCNC(=O)CC1N=C(c2ccc(Cl)cc2)c2cc(OCCCCN)ccc2-n2c(C)nnc21. The van der Waals surface area contributed by atoms with Gasteiger partial charge in [0.1, 0.15) is 17.6 Å². The number of nitrogens with two attached hydrogens (primary N) is 1. The molecule has 0 saturated carbocycles. The lowest BCUT2D eigenvalue weighted by Gasteiger charge is -2.15. The lowest BCUT2D eigenvalue weighted by molar-refractivity contribution is -0.121. The number of aromatic nitrogens is 3. The third-order valence-electron chi connectivity index (χ3n) is 5.63. The van der Waals surface area contributed by atoms with E-state index in [0.717, 1.165) is 46.9 Å². The highest BCUT2D eigenvalue weighted by Gasteiger charge is 2.30. The molecule has 2 heterocycles. The number of ether oxygens (including phenoxy) is 1. The molecule has 0 fully saturated rings. The van der Waals surface area contributed by atoms with Gasteiger partial charge < -0.3 is 15.8 Å². The molecule has 1 aliphatic rings. The second-order valence-electron chi connectivity index (χ2n) is 8.12. The number of benzene rings is 2. The van der Waals surface area contributed by atoms with Crippen molar-refractivity contribution in [2.75, 3.05) is 19.7 Å². The van der Waals surface area contributed by atoms with Crippen molar-refractivity contribution < 1.29 is 9.53 Å². The summed E-state index contributed by atoms with van der Waals surface area (Å²) in [4.78, 5) is 17.6. The summed E-state index contributed by atoms with van der Waals surface area (Å²) in [6.45, 7) is 5.57. The number of carbonyl (C=O) groups excluding carboxylic acids is 1. The van der Waals surface area contributed by atoms with Gasteiger partial charge in [-0.1, -0.05) is 23.7 Å². The maximum atomic E-state index is 12.5. The van der Waals surface area contributed by atoms with E-state index < -0.39 is 6.04 Å². The highest BCUT2D eigenvalue weighted by Crippen LogP contribution is 2.34. The van der Waals surface area contributed by atoms with E-state index in [2.05, 4.69) is 15.5 Å². The highest BCUT2D eigenvalue weighted by molar-refractivity contribution is 6.30. The molecule has 1 aromatic heterocycles. The summed E-state index contributed by atoms with van der Waals surface area (Å²) in [6.07, 6.45) is 1.96. The third-order valence-corrected chi connectivity index (χ3v) is 5.89. The fourth-order valence-electron chi connectivity index (χ4n) is 4.02. The summed E-state index contributed by atoms with van der Waals surface area (Å²) >= 11 is 6.16. The number of amides is 1. The third kappa shape index (κ3) is 5.13. The quantitative estimate of drug-likeness (QED) is 0.453. The second kappa shape index (κ2) is 10.8. The van der Waals surface area contributed by atoms with Crippen molar-refractivity contribution in [3.63, 3.8) is 0 Å². The van der Waals surface area contributed by atoms with E-state index in [9.17, 15) is 4.79 Å². The van der Waals surface area contributed by atoms with Gasteiger partial charge in [0.15, 0.2) is 5.82 Å². The van der Waals surface area contributed by atoms with Crippen molar-refractivity contribution in [2.45, 2.75) is 39.2 Å². The van der Waals surface area contributed by atoms with Gasteiger partial charge in [-0.2, -0.15) is 0 Å². The van der Waals surface area contributed by atoms with Crippen molar-refractivity contribution in [1.82, 2.24) is 20.1 Å². The lowest BCUT2D eigenvalue weighted by Crippen LogP contribution is -2.25. The zero-order valence-corrected chi connectivity index (χ0v) is 20.2. The van der Waals surface area contributed by atoms with Crippen molar-refractivity contribution in [2.24, 2.45) is 10.7 Å². The van der Waals surface area contributed by atoms with Crippen LogP contribution in [0.1, 0.15) is 55.0 Å². The van der Waals surface area contributed by atoms with Crippen LogP contribution >= 0.6 is 11.6 Å². The van der Waals surface area contributed by atoms with Crippen molar-refractivity contribution in [1.29, 1.82) is 0 Å². The van der Waals surface area contributed by atoms with Crippen molar-refractivity contribution in [3.05, 3.63) is 70.3 Å². The Balaban J connectivity index is 1.84. The molecule has 0 saturated heterocycles. The molecule has 0 spiro atoms. The first kappa shape index (κ1) is 23.9. The van der Waals surface area contributed by atoms with Gasteiger partial charge in [0.25, 0.3) is 0 Å². The molecule has 1 unspecified atom stereocenters. The van der Waals surface area contributed by atoms with Crippen LogP contribution in [0.5, 0.6) is 5.75 Å². The summed E-state index contributed by atoms with van der Waals surface area (Å²) in [5.41, 5.74) is 9.01. The number of halogens is 1. The van der Waals surface area contributed by atoms with Crippen LogP contribution in [0.15, 0.2) is 47.5 Å². The molecule has 8 nitrogen and oxygen atoms in total. The van der Waals surface area contributed by atoms with Gasteiger partial charge in [0.2, 0.25) is 5.91 Å². The van der Waals surface area contributed by atoms with E-state index in [-0.39, 0.29) is 12.3 Å². The maximum Gasteiger partial charge on any atom is 0.222 e. The minimum atomic E-state index is -0.500. The van der Waals surface area contributed by atoms with Crippen LogP contribution in [0.3, 0.4) is 0 Å². The van der Waals surface area contributed by atoms with Gasteiger partial charge in [0, 0.05) is 22.7 Å². The molecule has 1 amide bonds. The molecule has 2 aromatic carbocycles. The van der Waals surface area contributed by atoms with Crippen LogP contribution < -0.4 is 15.8 Å². The molecule has 1 aliphatic heterocycles. The Morgan fingerprint density at radius 2 is 1.97 bits per heavy atom. The zero-order chi connectivity index (χ0) is 24.1. The van der Waals surface area contributed by atoms with E-state index in [4.69, 9.17) is 27.1 Å². The largest absolute Gasteiger partial charge is 0.494 e. The number of nitrogens with zero attached hydrogens (tertiary/aromatic N) is 4. The molecule has 0 bridgehead atoms. The predicted molar refractivity (Wildman–Crippen MR) is 133 cm³/mol. The average molecular weight is 481 g/mol. The Labute approximate surface area is 204 Å². The number of unbranched alkanes of at least 4 members (excludes halogenated alkanes) is 1. The van der Waals surface area contributed by atoms with E-state index in [1.807, 2.05) is 60.9 Å². The Morgan fingerprint density at radius 1 is 1.18 bits per heavy atom. The van der Waals surface area contributed by atoms with E-state index in [0.29, 0.717) is 30.5 Å². The molecule has 3 N–H and O–H groups in total. The minimum absolute atomic E-state index is 0.0891. The number of nitrogens with one attached hydrogen (secondary N) is 1. The Kier molecular flexibility index (Phi) is 7.59. The van der Waals surface area contributed by atoms with Gasteiger partial charge >= 0.3 is 0 Å². The second-order valence-corrected chi connectivity index (χ2v) is 8.56. The molecule has 3 aromatic rings. The zero-order valence-electron chi connectivity index (χ0n) is 19.4. The Bertz CT molecular complexity index is 1190. The number of fused-ring (bicyclic) bond motifs is 3. The van der Waals surface area contributed by atoms with Gasteiger partial charge in [-0.15, -0.1) is 10.2 Å². The van der Waals surface area contributed by atoms with E-state index >= 15 is 0 Å². The molecule has 9 heteroatoms. The summed E-state index contributed by atoms with van der Waals surface area (Å²) in [5, 5.41) is 12.2. The molecule has 178 valence electrons. The van der Waals surface area contributed by atoms with E-state index in [1.165, 1.54) is 0 Å². The van der Waals surface area contributed by atoms with Gasteiger partial charge in [-0.25, -0.2) is 0 Å². The fourth-order valence-corrected chi connectivity index (χ4v) is 4.15. The van der Waals surface area contributed by atoms with Gasteiger partial charge in [0.05, 0.1) is 24.4 Å². The Morgan fingerprint density at radius 3 is 2.71 bits per heavy atom. The topological polar surface area (TPSA) is 107 Å². The summed E-state index contributed by atoms with van der Waals surface area (Å²) < 4.78 is 7.98. The highest BCUT2D eigenvalue weighted by atomic mass is 35.5. The number of aryl methyl sites for hydroxylation is 1. The number of hydrogen-bond acceptors (Lipinski definition) is 6. The number of hydrogen-bond donors (Lipinski definition) is 2. The average Bonchev–Trinajstić information content (AvgIpc) is 3.15. The lowest BCUT2D eigenvalue weighted by atomic mass is 10.00. The molecular formula is C25H29ClN6O2. The molecule has 4 rings (SSSR count). The summed E-state index contributed by atoms with van der Waals surface area (Å²) in [6, 6.07) is 13.0. The first-order chi connectivity index (χ1) is 16.5. The van der Waals surface area contributed by atoms with Crippen molar-refractivity contribution in [3.8, 4) is 11.4 Å². The smallest absolute Gasteiger partial charge is 0.222 e. The summed E-state index contributed by atoms with van der Waals surface area (Å²) in [7, 11) is 0. The van der Waals surface area contributed by atoms with Crippen molar-refractivity contribution >= 4 is 23.2 Å². The number of aliphatic imine (C=N–C) groups is 1. The van der Waals surface area contributed by atoms with Gasteiger partial charge in [-0.3, -0.25) is 14.4 Å². The molecular weight excluding hydrogens is 452 g/mol. The molecule has 34 heavy (non-hydrogen) atoms. The normalized spacial score (nSPS) is 14.6. The minimum Gasteiger partial charge on any atom is -0.494 e. The van der Waals surface area contributed by atoms with Gasteiger partial charge in [-0.05, 0) is 63.6 Å². The van der Waals surface area contributed by atoms with E-state index in [1.54, 1.807) is 0 Å². The predicted octanol–water partition coefficient (Wildman–Crippen LogP) is 3.77. The molecule has 0 radical (unpaired) electrons. The number of carbonyl (C=O) groups is 1. The first-order valence-electron chi connectivity index (χ1n) is 11.5.